The van der Waals surface area contributed by atoms with Crippen molar-refractivity contribution >= 4 is 22.7 Å². The van der Waals surface area contributed by atoms with Gasteiger partial charge in [0, 0.05) is 6.92 Å². The van der Waals surface area contributed by atoms with E-state index in [1.54, 1.807) is 0 Å². The van der Waals surface area contributed by atoms with E-state index in [0.29, 0.717) is 0 Å². The summed E-state index contributed by atoms with van der Waals surface area (Å²) in [5.41, 5.74) is 0. The number of hydrogen-bond acceptors (Lipinski definition) is 4. The van der Waals surface area contributed by atoms with E-state index in [1.807, 2.05) is 0 Å². The van der Waals surface area contributed by atoms with Crippen LogP contribution in [0.1, 0.15) is 13.8 Å². The zero-order valence-electron chi connectivity index (χ0n) is 5.67. The molecular formula is C5H8ClNO3. The molecule has 5 heteroatoms. The van der Waals surface area contributed by atoms with Gasteiger partial charge in [0.1, 0.15) is 0 Å². The molecule has 0 radical (unpaired) electrons. The number of nitrogens with zero attached hydrogens (tertiary/aromatic N) is 1. The third-order valence-electron chi connectivity index (χ3n) is 0.774. The first-order valence-electron chi connectivity index (χ1n) is 2.62. The summed E-state index contributed by atoms with van der Waals surface area (Å²) in [6, 6.07) is 0. The van der Waals surface area contributed by atoms with E-state index < -0.39 is 12.1 Å². The van der Waals surface area contributed by atoms with Gasteiger partial charge in [0.05, 0.1) is 0 Å². The number of carbonyl (C=O) groups excluding carboxylic acids is 1. The zero-order valence-corrected chi connectivity index (χ0v) is 6.42. The summed E-state index contributed by atoms with van der Waals surface area (Å²) in [7, 11) is 0. The van der Waals surface area contributed by atoms with Gasteiger partial charge in [0.15, 0.2) is 11.3 Å². The van der Waals surface area contributed by atoms with Gasteiger partial charge in [0.2, 0.25) is 0 Å². The van der Waals surface area contributed by atoms with Crippen molar-refractivity contribution in [2.24, 2.45) is 5.16 Å². The third kappa shape index (κ3) is 3.29. The number of ether oxygens (including phenoxy) is 1. The minimum absolute atomic E-state index is 0.143. The molecule has 0 aromatic heterocycles. The van der Waals surface area contributed by atoms with Gasteiger partial charge in [-0.15, -0.1) is 0 Å². The van der Waals surface area contributed by atoms with E-state index in [-0.39, 0.29) is 5.17 Å². The fourth-order valence-corrected chi connectivity index (χ4v) is 0.423. The molecule has 0 saturated heterocycles. The first-order valence-corrected chi connectivity index (χ1v) is 3.00. The summed E-state index contributed by atoms with van der Waals surface area (Å²) >= 11 is 5.28. The van der Waals surface area contributed by atoms with Gasteiger partial charge in [-0.2, -0.15) is 0 Å². The van der Waals surface area contributed by atoms with Crippen LogP contribution in [0.2, 0.25) is 0 Å². The average Bonchev–Trinajstić information content (AvgIpc) is 1.85. The number of oxime groups is 1. The lowest BCUT2D eigenvalue weighted by Crippen LogP contribution is -2.18. The van der Waals surface area contributed by atoms with Crippen molar-refractivity contribution in [3.05, 3.63) is 0 Å². The second-order valence-corrected chi connectivity index (χ2v) is 2.06. The van der Waals surface area contributed by atoms with Crippen molar-refractivity contribution in [2.75, 3.05) is 0 Å². The Hall–Kier alpha value is -0.770. The average molecular weight is 166 g/mol. The highest BCUT2D eigenvalue weighted by Gasteiger charge is 2.10. The Kier molecular flexibility index (Phi) is 3.79. The predicted octanol–water partition coefficient (Wildman–Crippen LogP) is 0.964. The van der Waals surface area contributed by atoms with Gasteiger partial charge in [-0.1, -0.05) is 16.8 Å². The van der Waals surface area contributed by atoms with Crippen molar-refractivity contribution in [1.29, 1.82) is 0 Å². The molecule has 1 atom stereocenters. The Balaban J connectivity index is 3.85. The molecule has 0 aromatic rings. The molecule has 0 aromatic carbocycles. The summed E-state index contributed by atoms with van der Waals surface area (Å²) in [4.78, 5) is 10.3. The molecule has 0 aliphatic rings. The van der Waals surface area contributed by atoms with Crippen molar-refractivity contribution < 1.29 is 14.7 Å². The van der Waals surface area contributed by atoms with Crippen LogP contribution in [0, 0.1) is 0 Å². The quantitative estimate of drug-likeness (QED) is 0.287. The third-order valence-corrected chi connectivity index (χ3v) is 1.16. The molecule has 0 unspecified atom stereocenters. The van der Waals surface area contributed by atoms with Gasteiger partial charge in [-0.3, -0.25) is 4.79 Å². The monoisotopic (exact) mass is 165 g/mol. The van der Waals surface area contributed by atoms with Crippen molar-refractivity contribution in [2.45, 2.75) is 20.0 Å². The maximum Gasteiger partial charge on any atom is 0.303 e. The number of esters is 1. The molecule has 0 amide bonds. The van der Waals surface area contributed by atoms with Crippen LogP contribution in [-0.4, -0.2) is 22.5 Å². The molecule has 0 spiro atoms. The summed E-state index contributed by atoms with van der Waals surface area (Å²) < 4.78 is 4.54. The first kappa shape index (κ1) is 9.23. The standard InChI is InChI=1S/C5H8ClNO3/c1-3(5(6)7-9)10-4(2)8/h3,9H,1-2H3/b7-5-/t3-/m0/s1. The minimum atomic E-state index is -0.677. The van der Waals surface area contributed by atoms with Crippen LogP contribution in [0.3, 0.4) is 0 Å². The molecule has 0 aliphatic heterocycles. The molecule has 0 bridgehead atoms. The Morgan fingerprint density at radius 3 is 2.60 bits per heavy atom. The number of hydrogen-bond donors (Lipinski definition) is 1. The van der Waals surface area contributed by atoms with E-state index in [0.717, 1.165) is 0 Å². The smallest absolute Gasteiger partial charge is 0.303 e. The molecule has 58 valence electrons. The van der Waals surface area contributed by atoms with Gasteiger partial charge >= 0.3 is 5.97 Å². The van der Waals surface area contributed by atoms with Crippen LogP contribution in [0.4, 0.5) is 0 Å². The zero-order chi connectivity index (χ0) is 8.15. The summed E-state index contributed by atoms with van der Waals surface area (Å²) in [6.07, 6.45) is -0.677. The highest BCUT2D eigenvalue weighted by atomic mass is 35.5. The molecule has 0 fully saturated rings. The van der Waals surface area contributed by atoms with Crippen LogP contribution in [0.25, 0.3) is 0 Å². The summed E-state index contributed by atoms with van der Waals surface area (Å²) in [5.74, 6) is -0.464. The second kappa shape index (κ2) is 4.11. The number of carbonyl (C=O) groups is 1. The molecule has 10 heavy (non-hydrogen) atoms. The van der Waals surface area contributed by atoms with Gasteiger partial charge in [-0.25, -0.2) is 0 Å². The Morgan fingerprint density at radius 1 is 1.80 bits per heavy atom. The largest absolute Gasteiger partial charge is 0.455 e. The maximum absolute atomic E-state index is 10.3. The summed E-state index contributed by atoms with van der Waals surface area (Å²) in [5, 5.41) is 10.6. The number of rotatable bonds is 2. The summed E-state index contributed by atoms with van der Waals surface area (Å²) in [6.45, 7) is 2.75. The van der Waals surface area contributed by atoms with Crippen LogP contribution in [-0.2, 0) is 9.53 Å². The van der Waals surface area contributed by atoms with E-state index in [1.165, 1.54) is 13.8 Å². The molecule has 0 heterocycles. The molecular weight excluding hydrogens is 158 g/mol. The fourth-order valence-electron chi connectivity index (χ4n) is 0.379. The Labute approximate surface area is 63.4 Å². The Morgan fingerprint density at radius 2 is 2.30 bits per heavy atom. The van der Waals surface area contributed by atoms with Crippen molar-refractivity contribution in [3.8, 4) is 0 Å². The predicted molar refractivity (Wildman–Crippen MR) is 36.3 cm³/mol. The van der Waals surface area contributed by atoms with Crippen LogP contribution in [0.5, 0.6) is 0 Å². The van der Waals surface area contributed by atoms with Gasteiger partial charge in [0.25, 0.3) is 0 Å². The lowest BCUT2D eigenvalue weighted by atomic mass is 10.4. The van der Waals surface area contributed by atoms with Crippen LogP contribution < -0.4 is 0 Å². The van der Waals surface area contributed by atoms with Gasteiger partial charge < -0.3 is 9.94 Å². The molecule has 0 rings (SSSR count). The van der Waals surface area contributed by atoms with Gasteiger partial charge in [-0.05, 0) is 6.92 Å². The van der Waals surface area contributed by atoms with E-state index >= 15 is 0 Å². The lowest BCUT2D eigenvalue weighted by molar-refractivity contribution is -0.142. The topological polar surface area (TPSA) is 58.9 Å². The van der Waals surface area contributed by atoms with Crippen molar-refractivity contribution in [1.82, 2.24) is 0 Å². The van der Waals surface area contributed by atoms with E-state index in [9.17, 15) is 4.79 Å². The Bertz CT molecular complexity index is 157. The second-order valence-electron chi connectivity index (χ2n) is 1.67. The van der Waals surface area contributed by atoms with Crippen LogP contribution >= 0.6 is 11.6 Å². The minimum Gasteiger partial charge on any atom is -0.455 e. The number of halogens is 1. The van der Waals surface area contributed by atoms with Crippen LogP contribution in [0.15, 0.2) is 5.16 Å². The van der Waals surface area contributed by atoms with E-state index in [4.69, 9.17) is 16.8 Å². The fraction of sp³-hybridized carbons (Fsp3) is 0.600. The molecule has 1 N–H and O–H groups in total. The highest BCUT2D eigenvalue weighted by molar-refractivity contribution is 6.66. The maximum atomic E-state index is 10.3. The molecule has 0 saturated carbocycles. The highest BCUT2D eigenvalue weighted by Crippen LogP contribution is 1.98. The van der Waals surface area contributed by atoms with Crippen molar-refractivity contribution in [3.63, 3.8) is 0 Å². The molecule has 4 nitrogen and oxygen atoms in total. The first-order chi connectivity index (χ1) is 4.57. The normalized spacial score (nSPS) is 14.5. The molecule has 0 aliphatic carbocycles. The van der Waals surface area contributed by atoms with E-state index in [2.05, 4.69) is 9.89 Å². The lowest BCUT2D eigenvalue weighted by Gasteiger charge is -2.06. The SMILES string of the molecule is CC(=O)O[C@@H](C)/C(Cl)=N/O.